The highest BCUT2D eigenvalue weighted by Gasteiger charge is 2.42. The number of hydrogen-bond acceptors (Lipinski definition) is 4. The molecule has 1 aromatic carbocycles. The summed E-state index contributed by atoms with van der Waals surface area (Å²) in [7, 11) is 1.37. The fraction of sp³-hybridized carbons (Fsp3) is 0.667. The zero-order valence-corrected chi connectivity index (χ0v) is 18.2. The van der Waals surface area contributed by atoms with E-state index in [2.05, 4.69) is 45.0 Å². The molecule has 0 aliphatic heterocycles. The first kappa shape index (κ1) is 22.4. The predicted molar refractivity (Wildman–Crippen MR) is 111 cm³/mol. The van der Waals surface area contributed by atoms with Crippen molar-refractivity contribution in [3.8, 4) is 0 Å². The van der Waals surface area contributed by atoms with Gasteiger partial charge in [0.05, 0.1) is 13.0 Å². The molecule has 0 N–H and O–H groups in total. The summed E-state index contributed by atoms with van der Waals surface area (Å²) in [6.45, 7) is 10.5. The molecule has 1 saturated carbocycles. The van der Waals surface area contributed by atoms with Crippen molar-refractivity contribution in [3.05, 3.63) is 35.9 Å². The Morgan fingerprint density at radius 3 is 2.39 bits per heavy atom. The molecule has 1 aliphatic rings. The summed E-state index contributed by atoms with van der Waals surface area (Å²) in [6.07, 6.45) is 3.23. The fourth-order valence-electron chi connectivity index (χ4n) is 4.38. The van der Waals surface area contributed by atoms with Crippen LogP contribution in [0.5, 0.6) is 0 Å². The maximum atomic E-state index is 12.9. The van der Waals surface area contributed by atoms with Gasteiger partial charge in [0, 0.05) is 12.3 Å². The number of ether oxygens (including phenoxy) is 2. The zero-order chi connectivity index (χ0) is 20.9. The Hall–Kier alpha value is -1.84. The van der Waals surface area contributed by atoms with Crippen molar-refractivity contribution in [2.75, 3.05) is 7.11 Å². The minimum atomic E-state index is -0.336. The SMILES string of the molecule is COC(=O)C[C@H](C)[C@@H](C)C(=O)O[C@@H]1C[C@H](C)CC[C@H]1C(C)(C)c1ccccc1. The normalized spacial score (nSPS) is 24.9. The van der Waals surface area contributed by atoms with E-state index in [1.165, 1.54) is 12.7 Å². The molecule has 0 heterocycles. The number of esters is 2. The second-order valence-electron chi connectivity index (χ2n) is 9.13. The first-order valence-electron chi connectivity index (χ1n) is 10.5. The van der Waals surface area contributed by atoms with E-state index in [1.54, 1.807) is 0 Å². The summed E-state index contributed by atoms with van der Waals surface area (Å²) in [5.41, 5.74) is 1.20. The molecule has 0 bridgehead atoms. The molecule has 1 fully saturated rings. The molecule has 156 valence electrons. The Morgan fingerprint density at radius 1 is 1.14 bits per heavy atom. The number of methoxy groups -OCH3 is 1. The van der Waals surface area contributed by atoms with Crippen LogP contribution in [-0.2, 0) is 24.5 Å². The molecule has 4 nitrogen and oxygen atoms in total. The zero-order valence-electron chi connectivity index (χ0n) is 18.2. The van der Waals surface area contributed by atoms with Gasteiger partial charge in [-0.05, 0) is 35.7 Å². The Balaban J connectivity index is 2.13. The lowest BCUT2D eigenvalue weighted by molar-refractivity contribution is -0.163. The molecule has 1 aliphatic carbocycles. The summed E-state index contributed by atoms with van der Waals surface area (Å²) in [4.78, 5) is 24.4. The summed E-state index contributed by atoms with van der Waals surface area (Å²) in [5.74, 6) is -0.120. The van der Waals surface area contributed by atoms with Crippen LogP contribution in [0, 0.1) is 23.7 Å². The largest absolute Gasteiger partial charge is 0.469 e. The van der Waals surface area contributed by atoms with Gasteiger partial charge in [0.25, 0.3) is 0 Å². The molecular formula is C24H36O4. The molecule has 0 radical (unpaired) electrons. The first-order chi connectivity index (χ1) is 13.2. The summed E-state index contributed by atoms with van der Waals surface area (Å²) in [6, 6.07) is 10.5. The molecule has 5 atom stereocenters. The first-order valence-corrected chi connectivity index (χ1v) is 10.5. The fourth-order valence-corrected chi connectivity index (χ4v) is 4.38. The summed E-state index contributed by atoms with van der Waals surface area (Å²) < 4.78 is 10.8. The van der Waals surface area contributed by atoms with Gasteiger partial charge in [-0.1, -0.05) is 71.4 Å². The average Bonchev–Trinajstić information content (AvgIpc) is 2.67. The monoisotopic (exact) mass is 388 g/mol. The van der Waals surface area contributed by atoms with Crippen molar-refractivity contribution >= 4 is 11.9 Å². The molecule has 2 rings (SSSR count). The minimum absolute atomic E-state index is 0.0762. The number of hydrogen-bond donors (Lipinski definition) is 0. The highest BCUT2D eigenvalue weighted by Crippen LogP contribution is 2.44. The highest BCUT2D eigenvalue weighted by molar-refractivity contribution is 5.75. The van der Waals surface area contributed by atoms with Gasteiger partial charge in [-0.15, -0.1) is 0 Å². The van der Waals surface area contributed by atoms with Gasteiger partial charge >= 0.3 is 11.9 Å². The van der Waals surface area contributed by atoms with Crippen LogP contribution in [0.15, 0.2) is 30.3 Å². The van der Waals surface area contributed by atoms with Crippen LogP contribution in [0.3, 0.4) is 0 Å². The number of benzene rings is 1. The van der Waals surface area contributed by atoms with E-state index < -0.39 is 0 Å². The number of carbonyl (C=O) groups is 2. The lowest BCUT2D eigenvalue weighted by atomic mass is 9.64. The van der Waals surface area contributed by atoms with Crippen LogP contribution in [0.25, 0.3) is 0 Å². The maximum Gasteiger partial charge on any atom is 0.309 e. The van der Waals surface area contributed by atoms with Crippen LogP contribution in [0.4, 0.5) is 0 Å². The Bertz CT molecular complexity index is 652. The predicted octanol–water partition coefficient (Wildman–Crippen LogP) is 5.15. The molecule has 0 aromatic heterocycles. The second kappa shape index (κ2) is 9.58. The topological polar surface area (TPSA) is 52.6 Å². The van der Waals surface area contributed by atoms with Crippen molar-refractivity contribution in [1.82, 2.24) is 0 Å². The molecule has 0 unspecified atom stereocenters. The van der Waals surface area contributed by atoms with Crippen molar-refractivity contribution in [3.63, 3.8) is 0 Å². The van der Waals surface area contributed by atoms with Crippen molar-refractivity contribution in [2.24, 2.45) is 23.7 Å². The van der Waals surface area contributed by atoms with Crippen molar-refractivity contribution in [1.29, 1.82) is 0 Å². The summed E-state index contributed by atoms with van der Waals surface area (Å²) >= 11 is 0. The smallest absolute Gasteiger partial charge is 0.309 e. The van der Waals surface area contributed by atoms with Crippen LogP contribution in [-0.4, -0.2) is 25.2 Å². The van der Waals surface area contributed by atoms with Crippen molar-refractivity contribution in [2.45, 2.75) is 71.8 Å². The molecule has 0 amide bonds. The van der Waals surface area contributed by atoms with Gasteiger partial charge in [-0.25, -0.2) is 0 Å². The van der Waals surface area contributed by atoms with E-state index in [4.69, 9.17) is 9.47 Å². The number of carbonyl (C=O) groups excluding carboxylic acids is 2. The van der Waals surface area contributed by atoms with E-state index in [0.717, 1.165) is 19.3 Å². The number of rotatable bonds is 7. The van der Waals surface area contributed by atoms with Crippen molar-refractivity contribution < 1.29 is 19.1 Å². The van der Waals surface area contributed by atoms with E-state index in [9.17, 15) is 9.59 Å². The molecule has 0 spiro atoms. The van der Waals surface area contributed by atoms with Crippen LogP contribution >= 0.6 is 0 Å². The van der Waals surface area contributed by atoms with Crippen LogP contribution in [0.1, 0.15) is 65.9 Å². The molecule has 4 heteroatoms. The van der Waals surface area contributed by atoms with Crippen LogP contribution < -0.4 is 0 Å². The Morgan fingerprint density at radius 2 is 1.79 bits per heavy atom. The Kier molecular flexibility index (Phi) is 7.68. The summed E-state index contributed by atoms with van der Waals surface area (Å²) in [5, 5.41) is 0. The molecule has 28 heavy (non-hydrogen) atoms. The Labute approximate surface area is 170 Å². The van der Waals surface area contributed by atoms with Gasteiger partial charge in [0.15, 0.2) is 0 Å². The highest BCUT2D eigenvalue weighted by atomic mass is 16.5. The van der Waals surface area contributed by atoms with Gasteiger partial charge in [-0.3, -0.25) is 9.59 Å². The quantitative estimate of drug-likeness (QED) is 0.606. The third kappa shape index (κ3) is 5.36. The molecule has 1 aromatic rings. The second-order valence-corrected chi connectivity index (χ2v) is 9.13. The minimum Gasteiger partial charge on any atom is -0.469 e. The van der Waals surface area contributed by atoms with Gasteiger partial charge in [0.1, 0.15) is 6.10 Å². The maximum absolute atomic E-state index is 12.9. The lowest BCUT2D eigenvalue weighted by Gasteiger charge is -2.44. The van der Waals surface area contributed by atoms with E-state index in [0.29, 0.717) is 5.92 Å². The van der Waals surface area contributed by atoms with Gasteiger partial charge in [-0.2, -0.15) is 0 Å². The standard InChI is InChI=1S/C24H36O4/c1-16-12-13-20(24(4,5)19-10-8-7-9-11-19)21(14-16)28-23(26)18(3)17(2)15-22(25)27-6/h7-11,16-18,20-21H,12-15H2,1-6H3/t16-,17+,18-,20-,21-/m1/s1. The molecule has 0 saturated heterocycles. The molecular weight excluding hydrogens is 352 g/mol. The van der Waals surface area contributed by atoms with E-state index in [-0.39, 0.29) is 47.6 Å². The van der Waals surface area contributed by atoms with E-state index in [1.807, 2.05) is 19.9 Å². The lowest BCUT2D eigenvalue weighted by Crippen LogP contribution is -2.44. The average molecular weight is 389 g/mol. The third-order valence-electron chi connectivity index (χ3n) is 6.71. The van der Waals surface area contributed by atoms with Gasteiger partial charge < -0.3 is 9.47 Å². The van der Waals surface area contributed by atoms with Crippen LogP contribution in [0.2, 0.25) is 0 Å². The van der Waals surface area contributed by atoms with Gasteiger partial charge in [0.2, 0.25) is 0 Å². The van der Waals surface area contributed by atoms with E-state index >= 15 is 0 Å². The third-order valence-corrected chi connectivity index (χ3v) is 6.71.